The van der Waals surface area contributed by atoms with Gasteiger partial charge in [-0.05, 0) is 29.8 Å². The van der Waals surface area contributed by atoms with Crippen molar-refractivity contribution in [2.24, 2.45) is 0 Å². The number of nitrogens with one attached hydrogen (secondary N) is 1. The minimum atomic E-state index is -0.464. The van der Waals surface area contributed by atoms with E-state index in [4.69, 9.17) is 27.9 Å². The van der Waals surface area contributed by atoms with Crippen molar-refractivity contribution in [3.63, 3.8) is 0 Å². The number of aromatic nitrogens is 1. The van der Waals surface area contributed by atoms with Crippen LogP contribution in [0.25, 0.3) is 0 Å². The lowest BCUT2D eigenvalue weighted by Gasteiger charge is -2.09. The van der Waals surface area contributed by atoms with Gasteiger partial charge >= 0.3 is 0 Å². The van der Waals surface area contributed by atoms with Gasteiger partial charge in [0.1, 0.15) is 11.4 Å². The summed E-state index contributed by atoms with van der Waals surface area (Å²) in [5.74, 6) is -0.731. The van der Waals surface area contributed by atoms with Crippen LogP contribution in [-0.4, -0.2) is 18.0 Å². The lowest BCUT2D eigenvalue weighted by molar-refractivity contribution is 0.0947. The summed E-state index contributed by atoms with van der Waals surface area (Å²) in [5, 5.41) is 3.21. The summed E-state index contributed by atoms with van der Waals surface area (Å²) in [6.07, 6.45) is 1.38. The third-order valence-electron chi connectivity index (χ3n) is 2.63. The predicted molar refractivity (Wildman–Crippen MR) is 78.4 cm³/mol. The van der Waals surface area contributed by atoms with E-state index in [9.17, 15) is 9.18 Å². The van der Waals surface area contributed by atoms with E-state index in [0.29, 0.717) is 10.6 Å². The van der Waals surface area contributed by atoms with Crippen LogP contribution < -0.4 is 10.1 Å². The normalized spacial score (nSPS) is 10.3. The third-order valence-corrected chi connectivity index (χ3v) is 3.06. The fraction of sp³-hybridized carbons (Fsp3) is 0.143. The van der Waals surface area contributed by atoms with Crippen molar-refractivity contribution in [1.29, 1.82) is 0 Å². The Morgan fingerprint density at radius 3 is 2.71 bits per heavy atom. The molecule has 0 aliphatic heterocycles. The van der Waals surface area contributed by atoms with Gasteiger partial charge in [0.25, 0.3) is 5.91 Å². The van der Waals surface area contributed by atoms with E-state index < -0.39 is 11.7 Å². The molecule has 0 saturated heterocycles. The average molecular weight is 329 g/mol. The van der Waals surface area contributed by atoms with Gasteiger partial charge in [0, 0.05) is 17.8 Å². The minimum absolute atomic E-state index is 0.117. The molecular weight excluding hydrogens is 318 g/mol. The molecule has 110 valence electrons. The molecule has 1 amide bonds. The first-order valence-corrected chi connectivity index (χ1v) is 6.68. The Balaban J connectivity index is 2.13. The SMILES string of the molecule is COc1ncc(Cl)cc1C(=O)NCc1cc(F)cc(Cl)c1. The zero-order valence-corrected chi connectivity index (χ0v) is 12.5. The van der Waals surface area contributed by atoms with Gasteiger partial charge in [-0.15, -0.1) is 0 Å². The van der Waals surface area contributed by atoms with Gasteiger partial charge in [0.15, 0.2) is 0 Å². The van der Waals surface area contributed by atoms with Crippen LogP contribution in [0, 0.1) is 5.82 Å². The van der Waals surface area contributed by atoms with E-state index in [2.05, 4.69) is 10.3 Å². The number of methoxy groups -OCH3 is 1. The maximum atomic E-state index is 13.2. The van der Waals surface area contributed by atoms with Crippen LogP contribution in [0.3, 0.4) is 0 Å². The van der Waals surface area contributed by atoms with E-state index in [0.717, 1.165) is 0 Å². The molecule has 0 saturated carbocycles. The Kier molecular flexibility index (Phi) is 4.98. The number of nitrogens with zero attached hydrogens (tertiary/aromatic N) is 1. The minimum Gasteiger partial charge on any atom is -0.480 e. The maximum Gasteiger partial charge on any atom is 0.257 e. The van der Waals surface area contributed by atoms with Gasteiger partial charge in [-0.25, -0.2) is 9.37 Å². The van der Waals surface area contributed by atoms with Gasteiger partial charge in [0.2, 0.25) is 5.88 Å². The zero-order valence-electron chi connectivity index (χ0n) is 11.0. The first-order valence-electron chi connectivity index (χ1n) is 5.92. The van der Waals surface area contributed by atoms with Crippen LogP contribution >= 0.6 is 23.2 Å². The Morgan fingerprint density at radius 2 is 2.05 bits per heavy atom. The van der Waals surface area contributed by atoms with Crippen LogP contribution in [0.2, 0.25) is 10.0 Å². The molecule has 1 heterocycles. The molecule has 0 bridgehead atoms. The molecule has 0 spiro atoms. The van der Waals surface area contributed by atoms with E-state index in [1.807, 2.05) is 0 Å². The van der Waals surface area contributed by atoms with Gasteiger partial charge < -0.3 is 10.1 Å². The summed E-state index contributed by atoms with van der Waals surface area (Å²) in [6.45, 7) is 0.117. The molecule has 0 radical (unpaired) electrons. The molecule has 1 N–H and O–H groups in total. The number of amides is 1. The zero-order chi connectivity index (χ0) is 15.4. The molecule has 0 fully saturated rings. The van der Waals surface area contributed by atoms with Crippen molar-refractivity contribution >= 4 is 29.1 Å². The molecule has 0 aliphatic carbocycles. The third kappa shape index (κ3) is 4.06. The lowest BCUT2D eigenvalue weighted by Crippen LogP contribution is -2.23. The van der Waals surface area contributed by atoms with Crippen LogP contribution in [0.5, 0.6) is 5.88 Å². The first kappa shape index (κ1) is 15.5. The summed E-state index contributed by atoms with van der Waals surface area (Å²) in [5.41, 5.74) is 0.745. The van der Waals surface area contributed by atoms with Gasteiger partial charge in [0.05, 0.1) is 12.1 Å². The Labute approximate surface area is 130 Å². The molecule has 2 aromatic rings. The highest BCUT2D eigenvalue weighted by Gasteiger charge is 2.14. The first-order chi connectivity index (χ1) is 9.99. The monoisotopic (exact) mass is 328 g/mol. The molecule has 4 nitrogen and oxygen atoms in total. The maximum absolute atomic E-state index is 13.2. The van der Waals surface area contributed by atoms with Crippen LogP contribution in [0.4, 0.5) is 4.39 Å². The van der Waals surface area contributed by atoms with Crippen LogP contribution in [0.1, 0.15) is 15.9 Å². The van der Waals surface area contributed by atoms with Crippen molar-refractivity contribution in [3.05, 3.63) is 57.5 Å². The molecule has 0 unspecified atom stereocenters. The number of rotatable bonds is 4. The largest absolute Gasteiger partial charge is 0.480 e. The molecule has 1 aromatic heterocycles. The number of halogens is 3. The van der Waals surface area contributed by atoms with E-state index in [1.165, 1.54) is 31.5 Å². The van der Waals surface area contributed by atoms with Gasteiger partial charge in [-0.3, -0.25) is 4.79 Å². The molecule has 1 aromatic carbocycles. The summed E-state index contributed by atoms with van der Waals surface area (Å²) >= 11 is 11.6. The highest BCUT2D eigenvalue weighted by molar-refractivity contribution is 6.31. The summed E-state index contributed by atoms with van der Waals surface area (Å²) in [4.78, 5) is 16.0. The quantitative estimate of drug-likeness (QED) is 0.934. The fourth-order valence-electron chi connectivity index (χ4n) is 1.74. The lowest BCUT2D eigenvalue weighted by atomic mass is 10.2. The second kappa shape index (κ2) is 6.74. The number of hydrogen-bond acceptors (Lipinski definition) is 3. The number of benzene rings is 1. The smallest absolute Gasteiger partial charge is 0.257 e. The van der Waals surface area contributed by atoms with Crippen molar-refractivity contribution in [2.45, 2.75) is 6.54 Å². The van der Waals surface area contributed by atoms with Gasteiger partial charge in [-0.1, -0.05) is 23.2 Å². The highest BCUT2D eigenvalue weighted by atomic mass is 35.5. The predicted octanol–water partition coefficient (Wildman–Crippen LogP) is 3.47. The fourth-order valence-corrected chi connectivity index (χ4v) is 2.14. The topological polar surface area (TPSA) is 51.2 Å². The van der Waals surface area contributed by atoms with Crippen LogP contribution in [0.15, 0.2) is 30.5 Å². The average Bonchev–Trinajstić information content (AvgIpc) is 2.43. The van der Waals surface area contributed by atoms with Gasteiger partial charge in [-0.2, -0.15) is 0 Å². The highest BCUT2D eigenvalue weighted by Crippen LogP contribution is 2.19. The number of carbonyl (C=O) groups is 1. The molecular formula is C14H11Cl2FN2O2. The second-order valence-electron chi connectivity index (χ2n) is 4.17. The van der Waals surface area contributed by atoms with Crippen molar-refractivity contribution in [3.8, 4) is 5.88 Å². The van der Waals surface area contributed by atoms with Crippen molar-refractivity contribution in [1.82, 2.24) is 10.3 Å². The Morgan fingerprint density at radius 1 is 1.29 bits per heavy atom. The van der Waals surface area contributed by atoms with E-state index >= 15 is 0 Å². The standard InChI is InChI=1S/C14H11Cl2FN2O2/c1-21-14-12(5-10(16)7-19-14)13(20)18-6-8-2-9(15)4-11(17)3-8/h2-5,7H,6H2,1H3,(H,18,20). The number of ether oxygens (including phenoxy) is 1. The molecule has 2 rings (SSSR count). The van der Waals surface area contributed by atoms with Crippen molar-refractivity contribution < 1.29 is 13.9 Å². The van der Waals surface area contributed by atoms with Crippen LogP contribution in [-0.2, 0) is 6.54 Å². The summed E-state index contributed by atoms with van der Waals surface area (Å²) in [7, 11) is 1.40. The number of carbonyl (C=O) groups excluding carboxylic acids is 1. The molecule has 7 heteroatoms. The summed E-state index contributed by atoms with van der Waals surface area (Å²) in [6, 6.07) is 5.50. The molecule has 0 atom stereocenters. The summed E-state index contributed by atoms with van der Waals surface area (Å²) < 4.78 is 18.2. The van der Waals surface area contributed by atoms with E-state index in [-0.39, 0.29) is 23.0 Å². The molecule has 21 heavy (non-hydrogen) atoms. The van der Waals surface area contributed by atoms with Crippen molar-refractivity contribution in [2.75, 3.05) is 7.11 Å². The van der Waals surface area contributed by atoms with E-state index in [1.54, 1.807) is 6.07 Å². The Hall–Kier alpha value is -1.85. The second-order valence-corrected chi connectivity index (χ2v) is 5.04. The number of hydrogen-bond donors (Lipinski definition) is 1. The molecule has 0 aliphatic rings. The number of pyridine rings is 1. The Bertz CT molecular complexity index is 660.